The van der Waals surface area contributed by atoms with Gasteiger partial charge in [0.05, 0.1) is 6.61 Å². The van der Waals surface area contributed by atoms with Gasteiger partial charge in [0.2, 0.25) is 0 Å². The molecule has 1 aromatic heterocycles. The third kappa shape index (κ3) is 2.12. The largest absolute Gasteiger partial charge is 0.384 e. The second-order valence-electron chi connectivity index (χ2n) is 3.90. The Balaban J connectivity index is 2.12. The molecule has 1 saturated heterocycles. The number of ether oxygens (including phenoxy) is 1. The molecule has 2 rings (SSSR count). The van der Waals surface area contributed by atoms with Crippen molar-refractivity contribution < 1.29 is 4.74 Å². The minimum absolute atomic E-state index is 0.403. The summed E-state index contributed by atoms with van der Waals surface area (Å²) in [5, 5.41) is 8.94. The molecular formula is C11H14N4O. The molecule has 2 heterocycles. The van der Waals surface area contributed by atoms with E-state index in [1.165, 1.54) is 0 Å². The molecule has 5 nitrogen and oxygen atoms in total. The van der Waals surface area contributed by atoms with Crippen LogP contribution in [0.3, 0.4) is 0 Å². The zero-order valence-corrected chi connectivity index (χ0v) is 9.26. The van der Waals surface area contributed by atoms with Crippen molar-refractivity contribution in [2.24, 2.45) is 5.92 Å². The van der Waals surface area contributed by atoms with E-state index in [4.69, 9.17) is 10.00 Å². The summed E-state index contributed by atoms with van der Waals surface area (Å²) in [4.78, 5) is 10.3. The van der Waals surface area contributed by atoms with Crippen molar-refractivity contribution in [3.05, 3.63) is 18.1 Å². The normalized spacial score (nSPS) is 19.8. The molecule has 0 saturated carbocycles. The van der Waals surface area contributed by atoms with Crippen molar-refractivity contribution in [1.29, 1.82) is 5.26 Å². The zero-order valence-electron chi connectivity index (χ0n) is 9.26. The summed E-state index contributed by atoms with van der Waals surface area (Å²) in [5.74, 6) is 1.22. The minimum atomic E-state index is 0.403. The lowest BCUT2D eigenvalue weighted by Crippen LogP contribution is -2.23. The van der Waals surface area contributed by atoms with Crippen LogP contribution in [0.5, 0.6) is 0 Å². The lowest BCUT2D eigenvalue weighted by Gasteiger charge is -2.17. The molecule has 0 N–H and O–H groups in total. The molecule has 1 unspecified atom stereocenters. The highest BCUT2D eigenvalue weighted by Gasteiger charge is 2.25. The van der Waals surface area contributed by atoms with Gasteiger partial charge in [-0.2, -0.15) is 5.26 Å². The average molecular weight is 218 g/mol. The predicted octanol–water partition coefficient (Wildman–Crippen LogP) is 0.821. The fraction of sp³-hybridized carbons (Fsp3) is 0.545. The van der Waals surface area contributed by atoms with Crippen LogP contribution in [0.4, 0.5) is 5.82 Å². The van der Waals surface area contributed by atoms with Gasteiger partial charge in [0, 0.05) is 38.5 Å². The smallest absolute Gasteiger partial charge is 0.183 e. The van der Waals surface area contributed by atoms with Gasteiger partial charge in [-0.1, -0.05) is 0 Å². The van der Waals surface area contributed by atoms with E-state index in [9.17, 15) is 0 Å². The Hall–Kier alpha value is -1.67. The summed E-state index contributed by atoms with van der Waals surface area (Å²) in [6.07, 6.45) is 4.25. The summed E-state index contributed by atoms with van der Waals surface area (Å²) in [6, 6.07) is 2.07. The van der Waals surface area contributed by atoms with Crippen molar-refractivity contribution in [1.82, 2.24) is 9.97 Å². The molecular weight excluding hydrogens is 204 g/mol. The van der Waals surface area contributed by atoms with E-state index >= 15 is 0 Å². The fourth-order valence-electron chi connectivity index (χ4n) is 2.04. The van der Waals surface area contributed by atoms with Gasteiger partial charge >= 0.3 is 0 Å². The topological polar surface area (TPSA) is 62.0 Å². The Morgan fingerprint density at radius 1 is 1.56 bits per heavy atom. The quantitative estimate of drug-likeness (QED) is 0.751. The van der Waals surface area contributed by atoms with Crippen LogP contribution >= 0.6 is 0 Å². The van der Waals surface area contributed by atoms with Gasteiger partial charge < -0.3 is 9.64 Å². The van der Waals surface area contributed by atoms with Gasteiger partial charge in [0.1, 0.15) is 6.07 Å². The van der Waals surface area contributed by atoms with Crippen molar-refractivity contribution in [3.8, 4) is 6.07 Å². The molecule has 0 amide bonds. The first-order valence-electron chi connectivity index (χ1n) is 5.30. The summed E-state index contributed by atoms with van der Waals surface area (Å²) in [6.45, 7) is 2.57. The van der Waals surface area contributed by atoms with E-state index in [0.717, 1.165) is 26.1 Å². The number of methoxy groups -OCH3 is 1. The van der Waals surface area contributed by atoms with Gasteiger partial charge in [-0.25, -0.2) is 9.97 Å². The number of nitrogens with zero attached hydrogens (tertiary/aromatic N) is 4. The molecule has 0 spiro atoms. The summed E-state index contributed by atoms with van der Waals surface area (Å²) in [7, 11) is 1.71. The van der Waals surface area contributed by atoms with Crippen molar-refractivity contribution >= 4 is 5.82 Å². The van der Waals surface area contributed by atoms with Crippen LogP contribution in [0, 0.1) is 17.2 Å². The number of hydrogen-bond donors (Lipinski definition) is 0. The predicted molar refractivity (Wildman–Crippen MR) is 58.9 cm³/mol. The third-order valence-electron chi connectivity index (χ3n) is 2.77. The molecule has 0 bridgehead atoms. The Bertz CT molecular complexity index is 401. The Morgan fingerprint density at radius 3 is 3.12 bits per heavy atom. The average Bonchev–Trinajstić information content (AvgIpc) is 2.78. The number of hydrogen-bond acceptors (Lipinski definition) is 5. The summed E-state index contributed by atoms with van der Waals surface area (Å²) in [5.41, 5.74) is 0.403. The van der Waals surface area contributed by atoms with Gasteiger partial charge in [-0.05, 0) is 6.42 Å². The maximum atomic E-state index is 8.94. The number of anilines is 1. The van der Waals surface area contributed by atoms with Crippen LogP contribution in [0.25, 0.3) is 0 Å². The first-order chi connectivity index (χ1) is 7.85. The second-order valence-corrected chi connectivity index (χ2v) is 3.90. The molecule has 16 heavy (non-hydrogen) atoms. The lowest BCUT2D eigenvalue weighted by atomic mass is 10.1. The van der Waals surface area contributed by atoms with Gasteiger partial charge in [0.15, 0.2) is 11.5 Å². The van der Waals surface area contributed by atoms with Crippen molar-refractivity contribution in [2.75, 3.05) is 31.7 Å². The molecule has 0 aliphatic carbocycles. The van der Waals surface area contributed by atoms with Crippen LogP contribution < -0.4 is 4.90 Å². The molecule has 84 valence electrons. The molecule has 0 aromatic carbocycles. The van der Waals surface area contributed by atoms with Crippen LogP contribution in [0.2, 0.25) is 0 Å². The highest BCUT2D eigenvalue weighted by atomic mass is 16.5. The number of rotatable bonds is 3. The van der Waals surface area contributed by atoms with Crippen molar-refractivity contribution in [3.63, 3.8) is 0 Å². The fourth-order valence-corrected chi connectivity index (χ4v) is 2.04. The van der Waals surface area contributed by atoms with E-state index in [-0.39, 0.29) is 0 Å². The van der Waals surface area contributed by atoms with Gasteiger partial charge in [-0.3, -0.25) is 0 Å². The first kappa shape index (κ1) is 10.8. The second kappa shape index (κ2) is 4.90. The molecule has 1 aliphatic rings. The molecule has 1 aliphatic heterocycles. The SMILES string of the molecule is COCC1CCN(c2nccnc2C#N)C1. The first-order valence-corrected chi connectivity index (χ1v) is 5.30. The van der Waals surface area contributed by atoms with Crippen LogP contribution in [-0.2, 0) is 4.74 Å². The third-order valence-corrected chi connectivity index (χ3v) is 2.77. The minimum Gasteiger partial charge on any atom is -0.384 e. The van der Waals surface area contributed by atoms with E-state index in [1.807, 2.05) is 0 Å². The van der Waals surface area contributed by atoms with E-state index < -0.39 is 0 Å². The molecule has 5 heteroatoms. The molecule has 1 atom stereocenters. The van der Waals surface area contributed by atoms with Crippen LogP contribution in [0.15, 0.2) is 12.4 Å². The van der Waals surface area contributed by atoms with E-state index in [2.05, 4.69) is 20.9 Å². The van der Waals surface area contributed by atoms with Gasteiger partial charge in [0.25, 0.3) is 0 Å². The molecule has 1 aromatic rings. The Morgan fingerprint density at radius 2 is 2.38 bits per heavy atom. The number of nitriles is 1. The van der Waals surface area contributed by atoms with Crippen molar-refractivity contribution in [2.45, 2.75) is 6.42 Å². The van der Waals surface area contributed by atoms with E-state index in [1.54, 1.807) is 19.5 Å². The number of aromatic nitrogens is 2. The zero-order chi connectivity index (χ0) is 11.4. The monoisotopic (exact) mass is 218 g/mol. The maximum Gasteiger partial charge on any atom is 0.183 e. The summed E-state index contributed by atoms with van der Waals surface area (Å²) >= 11 is 0. The summed E-state index contributed by atoms with van der Waals surface area (Å²) < 4.78 is 5.14. The van der Waals surface area contributed by atoms with Gasteiger partial charge in [-0.15, -0.1) is 0 Å². The Labute approximate surface area is 94.7 Å². The van der Waals surface area contributed by atoms with Crippen LogP contribution in [-0.4, -0.2) is 36.8 Å². The molecule has 0 radical (unpaired) electrons. The standard InChI is InChI=1S/C11H14N4O/c1-16-8-9-2-5-15(7-9)11-10(6-12)13-3-4-14-11/h3-4,9H,2,5,7-8H2,1H3. The highest BCUT2D eigenvalue weighted by Crippen LogP contribution is 2.23. The molecule has 1 fully saturated rings. The maximum absolute atomic E-state index is 8.94. The van der Waals surface area contributed by atoms with E-state index in [0.29, 0.717) is 17.4 Å². The van der Waals surface area contributed by atoms with Crippen LogP contribution in [0.1, 0.15) is 12.1 Å². The Kier molecular flexibility index (Phi) is 3.32. The lowest BCUT2D eigenvalue weighted by molar-refractivity contribution is 0.161. The highest BCUT2D eigenvalue weighted by molar-refractivity contribution is 5.50.